The van der Waals surface area contributed by atoms with E-state index in [-0.39, 0.29) is 18.2 Å². The van der Waals surface area contributed by atoms with Gasteiger partial charge < -0.3 is 33.9 Å². The minimum atomic E-state index is -0.665. The molecule has 2 atom stereocenters. The number of anilines is 2. The van der Waals surface area contributed by atoms with E-state index in [1.165, 1.54) is 21.3 Å². The first kappa shape index (κ1) is 25.7. The third-order valence-electron chi connectivity index (χ3n) is 6.40. The van der Waals surface area contributed by atoms with Crippen molar-refractivity contribution < 1.29 is 33.3 Å². The quantitative estimate of drug-likeness (QED) is 0.458. The zero-order valence-corrected chi connectivity index (χ0v) is 21.4. The molecular formula is C28H30N2O7. The Bertz CT molecular complexity index is 1230. The van der Waals surface area contributed by atoms with Crippen molar-refractivity contribution in [3.63, 3.8) is 0 Å². The molecule has 0 saturated carbocycles. The zero-order valence-electron chi connectivity index (χ0n) is 21.4. The summed E-state index contributed by atoms with van der Waals surface area (Å²) in [5.74, 6) is 1.46. The standard InChI is InChI=1S/C28H30N2O7/c1-33-20-10-6-17(7-11-20)26-22(16-25(31)30(26)19-8-12-21(34-2)13-9-19)28(32)29-18-14-23(35-3)27(37-5)24(15-18)36-4/h6-15,22,26H,16H2,1-5H3,(H,29,32)/t22-,26+/m0/s1. The van der Waals surface area contributed by atoms with Gasteiger partial charge in [0, 0.05) is 29.9 Å². The molecule has 9 heteroatoms. The number of methoxy groups -OCH3 is 5. The fourth-order valence-corrected chi connectivity index (χ4v) is 4.59. The van der Waals surface area contributed by atoms with Gasteiger partial charge >= 0.3 is 0 Å². The molecule has 1 saturated heterocycles. The minimum absolute atomic E-state index is 0.0407. The number of carbonyl (C=O) groups is 2. The lowest BCUT2D eigenvalue weighted by Gasteiger charge is -2.28. The van der Waals surface area contributed by atoms with Crippen LogP contribution in [-0.4, -0.2) is 47.4 Å². The first-order valence-electron chi connectivity index (χ1n) is 11.6. The Morgan fingerprint density at radius 1 is 0.784 bits per heavy atom. The highest BCUT2D eigenvalue weighted by atomic mass is 16.5. The molecule has 0 spiro atoms. The van der Waals surface area contributed by atoms with Gasteiger partial charge in [0.15, 0.2) is 11.5 Å². The zero-order chi connectivity index (χ0) is 26.5. The molecule has 1 fully saturated rings. The molecule has 0 radical (unpaired) electrons. The summed E-state index contributed by atoms with van der Waals surface area (Å²) in [6, 6.07) is 17.4. The first-order valence-corrected chi connectivity index (χ1v) is 11.6. The van der Waals surface area contributed by atoms with Crippen molar-refractivity contribution in [2.24, 2.45) is 5.92 Å². The van der Waals surface area contributed by atoms with Crippen molar-refractivity contribution in [1.82, 2.24) is 0 Å². The van der Waals surface area contributed by atoms with Crippen LogP contribution in [-0.2, 0) is 9.59 Å². The molecule has 1 aliphatic rings. The maximum atomic E-state index is 13.7. The Labute approximate surface area is 215 Å². The van der Waals surface area contributed by atoms with E-state index in [0.717, 1.165) is 5.56 Å². The van der Waals surface area contributed by atoms with Crippen molar-refractivity contribution in [2.45, 2.75) is 12.5 Å². The average molecular weight is 507 g/mol. The first-order chi connectivity index (χ1) is 17.9. The number of amides is 2. The Balaban J connectivity index is 1.71. The van der Waals surface area contributed by atoms with Crippen molar-refractivity contribution in [2.75, 3.05) is 45.8 Å². The van der Waals surface area contributed by atoms with Gasteiger partial charge in [-0.3, -0.25) is 9.59 Å². The summed E-state index contributed by atoms with van der Waals surface area (Å²) in [6.07, 6.45) is 0.0407. The molecule has 1 N–H and O–H groups in total. The second-order valence-electron chi connectivity index (χ2n) is 8.39. The number of rotatable bonds is 9. The highest BCUT2D eigenvalue weighted by Gasteiger charge is 2.45. The van der Waals surface area contributed by atoms with Gasteiger partial charge in [0.25, 0.3) is 0 Å². The van der Waals surface area contributed by atoms with Crippen molar-refractivity contribution >= 4 is 23.2 Å². The Hall–Kier alpha value is -4.40. The van der Waals surface area contributed by atoms with Gasteiger partial charge in [-0.2, -0.15) is 0 Å². The van der Waals surface area contributed by atoms with Crippen LogP contribution < -0.4 is 33.9 Å². The molecule has 0 aromatic heterocycles. The van der Waals surface area contributed by atoms with Gasteiger partial charge in [0.2, 0.25) is 17.6 Å². The predicted molar refractivity (Wildman–Crippen MR) is 139 cm³/mol. The van der Waals surface area contributed by atoms with Crippen LogP contribution in [0.4, 0.5) is 11.4 Å². The molecule has 1 heterocycles. The third kappa shape index (κ3) is 5.11. The fraction of sp³-hybridized carbons (Fsp3) is 0.286. The van der Waals surface area contributed by atoms with Crippen LogP contribution in [0, 0.1) is 5.92 Å². The lowest BCUT2D eigenvalue weighted by Crippen LogP contribution is -2.32. The largest absolute Gasteiger partial charge is 0.497 e. The number of benzene rings is 3. The molecule has 194 valence electrons. The summed E-state index contributed by atoms with van der Waals surface area (Å²) >= 11 is 0. The van der Waals surface area contributed by atoms with Crippen LogP contribution in [0.3, 0.4) is 0 Å². The van der Waals surface area contributed by atoms with E-state index in [9.17, 15) is 9.59 Å². The van der Waals surface area contributed by atoms with Crippen LogP contribution in [0.25, 0.3) is 0 Å². The minimum Gasteiger partial charge on any atom is -0.497 e. The maximum Gasteiger partial charge on any atom is 0.230 e. The van der Waals surface area contributed by atoms with E-state index in [0.29, 0.717) is 40.1 Å². The lowest BCUT2D eigenvalue weighted by molar-refractivity contribution is -0.122. The summed E-state index contributed by atoms with van der Waals surface area (Å²) in [5, 5.41) is 2.94. The van der Waals surface area contributed by atoms with E-state index in [1.54, 1.807) is 43.4 Å². The molecule has 0 unspecified atom stereocenters. The van der Waals surface area contributed by atoms with Crippen LogP contribution in [0.1, 0.15) is 18.0 Å². The number of nitrogens with one attached hydrogen (secondary N) is 1. The normalized spacial score (nSPS) is 16.8. The molecule has 9 nitrogen and oxygen atoms in total. The van der Waals surface area contributed by atoms with Crippen molar-refractivity contribution in [3.05, 3.63) is 66.2 Å². The molecule has 0 aliphatic carbocycles. The maximum absolute atomic E-state index is 13.7. The number of nitrogens with zero attached hydrogens (tertiary/aromatic N) is 1. The van der Waals surface area contributed by atoms with Crippen molar-refractivity contribution in [1.29, 1.82) is 0 Å². The number of carbonyl (C=O) groups excluding carboxylic acids is 2. The van der Waals surface area contributed by atoms with E-state index >= 15 is 0 Å². The van der Waals surface area contributed by atoms with Gasteiger partial charge in [0.05, 0.1) is 47.5 Å². The van der Waals surface area contributed by atoms with Crippen LogP contribution >= 0.6 is 0 Å². The summed E-state index contributed by atoms with van der Waals surface area (Å²) in [6.45, 7) is 0. The molecule has 3 aromatic rings. The smallest absolute Gasteiger partial charge is 0.230 e. The Kier molecular flexibility index (Phi) is 7.71. The van der Waals surface area contributed by atoms with E-state index in [4.69, 9.17) is 23.7 Å². The Morgan fingerprint density at radius 2 is 1.32 bits per heavy atom. The van der Waals surface area contributed by atoms with Gasteiger partial charge in [0.1, 0.15) is 11.5 Å². The van der Waals surface area contributed by atoms with E-state index in [2.05, 4.69) is 5.32 Å². The SMILES string of the molecule is COc1ccc([C@@H]2[C@@H](C(=O)Nc3cc(OC)c(OC)c(OC)c3)CC(=O)N2c2ccc(OC)cc2)cc1. The number of hydrogen-bond acceptors (Lipinski definition) is 7. The summed E-state index contributed by atoms with van der Waals surface area (Å²) in [4.78, 5) is 28.6. The molecule has 2 amide bonds. The molecule has 37 heavy (non-hydrogen) atoms. The van der Waals surface area contributed by atoms with Crippen LogP contribution in [0.5, 0.6) is 28.7 Å². The van der Waals surface area contributed by atoms with Crippen LogP contribution in [0.2, 0.25) is 0 Å². The second-order valence-corrected chi connectivity index (χ2v) is 8.39. The topological polar surface area (TPSA) is 95.6 Å². The van der Waals surface area contributed by atoms with Gasteiger partial charge in [-0.1, -0.05) is 12.1 Å². The lowest BCUT2D eigenvalue weighted by atomic mass is 9.92. The molecule has 4 rings (SSSR count). The predicted octanol–water partition coefficient (Wildman–Crippen LogP) is 4.46. The van der Waals surface area contributed by atoms with Gasteiger partial charge in [-0.25, -0.2) is 0 Å². The van der Waals surface area contributed by atoms with Gasteiger partial charge in [-0.05, 0) is 42.0 Å². The molecule has 1 aliphatic heterocycles. The van der Waals surface area contributed by atoms with E-state index < -0.39 is 12.0 Å². The third-order valence-corrected chi connectivity index (χ3v) is 6.40. The molecule has 3 aromatic carbocycles. The highest BCUT2D eigenvalue weighted by Crippen LogP contribution is 2.44. The monoisotopic (exact) mass is 506 g/mol. The van der Waals surface area contributed by atoms with Gasteiger partial charge in [-0.15, -0.1) is 0 Å². The summed E-state index contributed by atoms with van der Waals surface area (Å²) < 4.78 is 26.8. The van der Waals surface area contributed by atoms with Crippen LogP contribution in [0.15, 0.2) is 60.7 Å². The number of ether oxygens (including phenoxy) is 5. The highest BCUT2D eigenvalue weighted by molar-refractivity contribution is 6.05. The second kappa shape index (κ2) is 11.1. The molecular weight excluding hydrogens is 476 g/mol. The van der Waals surface area contributed by atoms with Crippen molar-refractivity contribution in [3.8, 4) is 28.7 Å². The average Bonchev–Trinajstić information content (AvgIpc) is 3.29. The summed E-state index contributed by atoms with van der Waals surface area (Å²) in [7, 11) is 7.69. The molecule has 0 bridgehead atoms. The Morgan fingerprint density at radius 3 is 1.81 bits per heavy atom. The summed E-state index contributed by atoms with van der Waals surface area (Å²) in [5.41, 5.74) is 1.95. The fourth-order valence-electron chi connectivity index (χ4n) is 4.59. The number of hydrogen-bond donors (Lipinski definition) is 1. The van der Waals surface area contributed by atoms with E-state index in [1.807, 2.05) is 36.4 Å².